The Morgan fingerprint density at radius 2 is 1.58 bits per heavy atom. The quantitative estimate of drug-likeness (QED) is 0.100. The molecule has 4 aromatic carbocycles. The predicted octanol–water partition coefficient (Wildman–Crippen LogP) is 2.72. The normalized spacial score (nSPS) is 16.0. The van der Waals surface area contributed by atoms with Crippen LogP contribution < -0.4 is 25.4 Å². The summed E-state index contributed by atoms with van der Waals surface area (Å²) in [5, 5.41) is 43.2. The van der Waals surface area contributed by atoms with Gasteiger partial charge in [0.2, 0.25) is 17.7 Å². The maximum atomic E-state index is 13.9. The average molecular weight is 698 g/mol. The van der Waals surface area contributed by atoms with Gasteiger partial charge >= 0.3 is 5.91 Å². The second-order valence-electron chi connectivity index (χ2n) is 11.2. The van der Waals surface area contributed by atoms with E-state index in [9.17, 15) is 34.8 Å². The van der Waals surface area contributed by atoms with E-state index in [0.717, 1.165) is 35.0 Å². The van der Waals surface area contributed by atoms with Gasteiger partial charge in [0, 0.05) is 34.4 Å². The Morgan fingerprint density at radius 1 is 0.900 bits per heavy atom. The second-order valence-corrected chi connectivity index (χ2v) is 12.5. The molecule has 1 aliphatic rings. The van der Waals surface area contributed by atoms with Crippen molar-refractivity contribution in [3.63, 3.8) is 0 Å². The first kappa shape index (κ1) is 35.9. The van der Waals surface area contributed by atoms with E-state index in [4.69, 9.17) is 15.2 Å². The van der Waals surface area contributed by atoms with Gasteiger partial charge in [-0.1, -0.05) is 48.2 Å². The highest BCUT2D eigenvalue weighted by Gasteiger charge is 2.52. The Labute approximate surface area is 292 Å². The lowest BCUT2D eigenvalue weighted by atomic mass is 10.0. The monoisotopic (exact) mass is 697 g/mol. The molecule has 2 unspecified atom stereocenters. The number of nitrogens with one attached hydrogen (secondary N) is 1. The Kier molecular flexibility index (Phi) is 10.8. The van der Waals surface area contributed by atoms with Crippen LogP contribution in [0.3, 0.4) is 0 Å². The van der Waals surface area contributed by atoms with Crippen molar-refractivity contribution in [3.8, 4) is 23.3 Å². The summed E-state index contributed by atoms with van der Waals surface area (Å²) in [4.78, 5) is 40.5. The molecule has 3 amide bonds. The number of thioether (sulfide) groups is 1. The van der Waals surface area contributed by atoms with E-state index in [-0.39, 0.29) is 23.7 Å². The third kappa shape index (κ3) is 7.76. The van der Waals surface area contributed by atoms with Crippen LogP contribution in [0.5, 0.6) is 11.5 Å². The number of ether oxygens (including phenoxy) is 2. The maximum absolute atomic E-state index is 13.9. The molecule has 0 saturated carbocycles. The first-order valence-electron chi connectivity index (χ1n) is 15.4. The van der Waals surface area contributed by atoms with Gasteiger partial charge in [0.15, 0.2) is 11.5 Å². The predicted molar refractivity (Wildman–Crippen MR) is 186 cm³/mol. The van der Waals surface area contributed by atoms with Crippen LogP contribution in [0.25, 0.3) is 0 Å². The number of carbonyl (C=O) groups excluding carboxylic acids is 3. The number of amides is 3. The minimum absolute atomic E-state index is 0.0952. The van der Waals surface area contributed by atoms with Gasteiger partial charge in [-0.05, 0) is 73.2 Å². The number of nitrogens with two attached hydrogens (primary N) is 1. The number of aliphatic hydroxyl groups is 4. The van der Waals surface area contributed by atoms with Gasteiger partial charge < -0.3 is 41.0 Å². The molecule has 13 heteroatoms. The van der Waals surface area contributed by atoms with Gasteiger partial charge in [0.25, 0.3) is 5.79 Å². The number of benzene rings is 4. The summed E-state index contributed by atoms with van der Waals surface area (Å²) in [6.07, 6.45) is -0.571. The van der Waals surface area contributed by atoms with Crippen molar-refractivity contribution in [3.05, 3.63) is 125 Å². The van der Waals surface area contributed by atoms with Crippen molar-refractivity contribution in [2.24, 2.45) is 5.73 Å². The Hall–Kier alpha value is -5.36. The van der Waals surface area contributed by atoms with Gasteiger partial charge in [-0.25, -0.2) is 0 Å². The summed E-state index contributed by atoms with van der Waals surface area (Å²) in [7, 11) is 1.38. The van der Waals surface area contributed by atoms with Crippen LogP contribution in [0, 0.1) is 11.8 Å². The minimum Gasteiger partial charge on any atom is -0.493 e. The molecule has 4 aromatic rings. The first-order chi connectivity index (χ1) is 23.8. The number of methoxy groups -OCH3 is 1. The van der Waals surface area contributed by atoms with Crippen LogP contribution in [-0.4, -0.2) is 63.0 Å². The zero-order valence-electron chi connectivity index (χ0n) is 27.1. The van der Waals surface area contributed by atoms with Crippen molar-refractivity contribution in [2.45, 2.75) is 35.7 Å². The smallest absolute Gasteiger partial charge is 0.308 e. The third-order valence-electron chi connectivity index (χ3n) is 7.81. The molecule has 12 nitrogen and oxygen atoms in total. The molecule has 0 bridgehead atoms. The summed E-state index contributed by atoms with van der Waals surface area (Å²) in [5.41, 5.74) is 7.88. The molecular weight excluding hydrogens is 662 g/mol. The molecule has 0 aromatic heterocycles. The number of anilines is 1. The fourth-order valence-corrected chi connectivity index (χ4v) is 6.69. The molecule has 1 aliphatic heterocycles. The SMILES string of the molecule is CCOc1cc(C(O)(O)C(O)(O)NC(=O)CC2SC(c3ccc(C#Cc4ccccc4)cc3)N(c3cccc(C(N)=O)c3)C2=O)ccc1OC. The molecule has 0 aliphatic carbocycles. The molecule has 5 rings (SSSR count). The summed E-state index contributed by atoms with van der Waals surface area (Å²) in [6, 6.07) is 26.5. The molecule has 2 atom stereocenters. The highest BCUT2D eigenvalue weighted by atomic mass is 32.2. The van der Waals surface area contributed by atoms with E-state index in [2.05, 4.69) is 11.8 Å². The Bertz CT molecular complexity index is 1940. The number of rotatable bonds is 11. The summed E-state index contributed by atoms with van der Waals surface area (Å²) >= 11 is 1.12. The van der Waals surface area contributed by atoms with Crippen LogP contribution in [0.15, 0.2) is 97.1 Å². The molecule has 1 saturated heterocycles. The topological polar surface area (TPSA) is 192 Å². The van der Waals surface area contributed by atoms with Crippen LogP contribution in [0.4, 0.5) is 5.69 Å². The van der Waals surface area contributed by atoms with Gasteiger partial charge in [-0.2, -0.15) is 0 Å². The van der Waals surface area contributed by atoms with E-state index in [1.165, 1.54) is 30.2 Å². The zero-order valence-corrected chi connectivity index (χ0v) is 27.9. The molecule has 50 heavy (non-hydrogen) atoms. The number of carbonyl (C=O) groups is 3. The minimum atomic E-state index is -3.60. The third-order valence-corrected chi connectivity index (χ3v) is 9.24. The van der Waals surface area contributed by atoms with Crippen LogP contribution in [0.2, 0.25) is 0 Å². The fraction of sp³-hybridized carbons (Fsp3) is 0.216. The summed E-state index contributed by atoms with van der Waals surface area (Å²) in [5.74, 6) is -2.73. The van der Waals surface area contributed by atoms with Gasteiger partial charge in [0.1, 0.15) is 5.37 Å². The standard InChI is InChI=1S/C37H35N3O9S/c1-3-49-30-21-27(18-19-29(30)48-2)36(44,45)37(46,47)39-32(41)22-31-34(43)40(28-11-7-10-26(20-28)33(38)42)35(50-31)25-16-14-24(15-17-25)13-12-23-8-5-4-6-9-23/h4-11,14-21,31,35,44-47H,3,22H2,1-2H3,(H2,38,42)(H,39,41). The van der Waals surface area contributed by atoms with Crippen LogP contribution in [-0.2, 0) is 15.4 Å². The van der Waals surface area contributed by atoms with Gasteiger partial charge in [-0.15, -0.1) is 11.8 Å². The van der Waals surface area contributed by atoms with Crippen LogP contribution >= 0.6 is 11.8 Å². The van der Waals surface area contributed by atoms with Crippen molar-refractivity contribution < 1.29 is 44.3 Å². The largest absolute Gasteiger partial charge is 0.493 e. The lowest BCUT2D eigenvalue weighted by Gasteiger charge is -2.35. The number of hydrogen-bond donors (Lipinski definition) is 6. The lowest BCUT2D eigenvalue weighted by molar-refractivity contribution is -0.375. The van der Waals surface area contributed by atoms with E-state index in [1.807, 2.05) is 35.6 Å². The highest BCUT2D eigenvalue weighted by molar-refractivity contribution is 8.01. The molecule has 1 fully saturated rings. The van der Waals surface area contributed by atoms with Crippen molar-refractivity contribution in [1.29, 1.82) is 0 Å². The summed E-state index contributed by atoms with van der Waals surface area (Å²) in [6.45, 7) is 1.90. The Balaban J connectivity index is 1.38. The molecular formula is C37H35N3O9S. The number of hydrogen-bond acceptors (Lipinski definition) is 10. The van der Waals surface area contributed by atoms with Crippen molar-refractivity contribution in [1.82, 2.24) is 5.32 Å². The molecule has 0 spiro atoms. The molecule has 258 valence electrons. The van der Waals surface area contributed by atoms with E-state index in [0.29, 0.717) is 11.3 Å². The van der Waals surface area contributed by atoms with Crippen molar-refractivity contribution in [2.75, 3.05) is 18.6 Å². The first-order valence-corrected chi connectivity index (χ1v) is 16.4. The van der Waals surface area contributed by atoms with Gasteiger partial charge in [-0.3, -0.25) is 19.3 Å². The van der Waals surface area contributed by atoms with E-state index in [1.54, 1.807) is 43.3 Å². The van der Waals surface area contributed by atoms with Crippen LogP contribution in [0.1, 0.15) is 51.3 Å². The average Bonchev–Trinajstić information content (AvgIpc) is 3.42. The number of primary amides is 1. The lowest BCUT2D eigenvalue weighted by Crippen LogP contribution is -2.63. The molecule has 0 radical (unpaired) electrons. The zero-order chi connectivity index (χ0) is 36.1. The molecule has 1 heterocycles. The summed E-state index contributed by atoms with van der Waals surface area (Å²) < 4.78 is 10.6. The van der Waals surface area contributed by atoms with Gasteiger partial charge in [0.05, 0.1) is 19.0 Å². The Morgan fingerprint density at radius 3 is 2.22 bits per heavy atom. The highest BCUT2D eigenvalue weighted by Crippen LogP contribution is 2.47. The van der Waals surface area contributed by atoms with E-state index < -0.39 is 52.0 Å². The van der Waals surface area contributed by atoms with E-state index >= 15 is 0 Å². The molecule has 7 N–H and O–H groups in total. The fourth-order valence-electron chi connectivity index (χ4n) is 5.24. The second kappa shape index (κ2) is 15.0. The maximum Gasteiger partial charge on any atom is 0.308 e. The number of nitrogens with zero attached hydrogens (tertiary/aromatic N) is 1. The van der Waals surface area contributed by atoms with Crippen molar-refractivity contribution >= 4 is 35.2 Å².